The maximum atomic E-state index is 14.7. The molecule has 166 valence electrons. The number of piperazine rings is 1. The van der Waals surface area contributed by atoms with Crippen LogP contribution < -0.4 is 10.2 Å². The molecule has 3 aliphatic rings. The minimum atomic E-state index is -0.147. The van der Waals surface area contributed by atoms with Gasteiger partial charge < -0.3 is 15.1 Å². The van der Waals surface area contributed by atoms with Gasteiger partial charge in [-0.1, -0.05) is 30.3 Å². The fourth-order valence-corrected chi connectivity index (χ4v) is 5.80. The number of anilines is 2. The van der Waals surface area contributed by atoms with Gasteiger partial charge in [0.25, 0.3) is 0 Å². The molecule has 1 saturated heterocycles. The molecule has 2 aromatic rings. The molecule has 1 aromatic carbocycles. The number of nitrogens with zero attached hydrogens (tertiary/aromatic N) is 3. The molecule has 32 heavy (non-hydrogen) atoms. The summed E-state index contributed by atoms with van der Waals surface area (Å²) in [4.78, 5) is 9.52. The Morgan fingerprint density at radius 1 is 1.38 bits per heavy atom. The molecule has 2 heterocycles. The normalized spacial score (nSPS) is 20.2. The summed E-state index contributed by atoms with van der Waals surface area (Å²) in [6.45, 7) is 12.8. The van der Waals surface area contributed by atoms with E-state index in [-0.39, 0.29) is 5.83 Å². The predicted molar refractivity (Wildman–Crippen MR) is 133 cm³/mol. The molecule has 1 atom stereocenters. The summed E-state index contributed by atoms with van der Waals surface area (Å²) >= 11 is 6.83. The van der Waals surface area contributed by atoms with E-state index in [0.717, 1.165) is 83.6 Å². The molecule has 0 spiro atoms. The third-order valence-corrected chi connectivity index (χ3v) is 7.30. The van der Waals surface area contributed by atoms with Gasteiger partial charge in [-0.05, 0) is 50.0 Å². The zero-order chi connectivity index (χ0) is 22.6. The largest absolute Gasteiger partial charge is 0.385 e. The molecule has 0 bridgehead atoms. The average molecular weight is 451 g/mol. The van der Waals surface area contributed by atoms with E-state index in [9.17, 15) is 4.39 Å². The molecule has 1 aliphatic heterocycles. The third kappa shape index (κ3) is 3.14. The fraction of sp³-hybridized carbons (Fsp3) is 0.346. The third-order valence-electron chi connectivity index (χ3n) is 7.01. The van der Waals surface area contributed by atoms with Crippen LogP contribution in [-0.2, 0) is 6.42 Å². The van der Waals surface area contributed by atoms with Crippen LogP contribution in [0.15, 0.2) is 54.7 Å². The highest BCUT2D eigenvalue weighted by molar-refractivity contribution is 6.34. The smallest absolute Gasteiger partial charge is 0.127 e. The summed E-state index contributed by atoms with van der Waals surface area (Å²) in [5, 5.41) is 4.94. The van der Waals surface area contributed by atoms with Gasteiger partial charge in [-0.2, -0.15) is 0 Å². The lowest BCUT2D eigenvalue weighted by molar-refractivity contribution is 0.251. The number of halogens is 2. The molecule has 0 amide bonds. The van der Waals surface area contributed by atoms with Crippen LogP contribution in [0.5, 0.6) is 0 Å². The van der Waals surface area contributed by atoms with E-state index >= 15 is 0 Å². The predicted octanol–water partition coefficient (Wildman–Crippen LogP) is 6.10. The standard InChI is InChI=1S/C26H28ClFN4/c1-5-15(2)32-10-9-31(14-16(32)3)26-19-12-20(27)24-18(25(19)30-13-22(26)29-4)11-17-7-6-8-21(28)23(17)24/h5,8,12-13,16,29H,1-2,6-7,9-11,14H2,3-4H3. The van der Waals surface area contributed by atoms with Crippen molar-refractivity contribution in [3.05, 3.63) is 70.8 Å². The van der Waals surface area contributed by atoms with E-state index in [4.69, 9.17) is 16.6 Å². The highest BCUT2D eigenvalue weighted by Crippen LogP contribution is 2.49. The van der Waals surface area contributed by atoms with Crippen molar-refractivity contribution in [2.75, 3.05) is 36.9 Å². The number of aromatic nitrogens is 1. The lowest BCUT2D eigenvalue weighted by Crippen LogP contribution is -2.51. The Morgan fingerprint density at radius 3 is 2.91 bits per heavy atom. The monoisotopic (exact) mass is 450 g/mol. The quantitative estimate of drug-likeness (QED) is 0.570. The van der Waals surface area contributed by atoms with Crippen molar-refractivity contribution >= 4 is 39.5 Å². The fourth-order valence-electron chi connectivity index (χ4n) is 5.48. The van der Waals surface area contributed by atoms with Gasteiger partial charge in [0.15, 0.2) is 0 Å². The first-order valence-electron chi connectivity index (χ1n) is 11.2. The van der Waals surface area contributed by atoms with Gasteiger partial charge in [-0.25, -0.2) is 4.39 Å². The summed E-state index contributed by atoms with van der Waals surface area (Å²) < 4.78 is 14.7. The summed E-state index contributed by atoms with van der Waals surface area (Å²) in [5.74, 6) is -0.147. The highest BCUT2D eigenvalue weighted by atomic mass is 35.5. The maximum Gasteiger partial charge on any atom is 0.127 e. The van der Waals surface area contributed by atoms with E-state index in [1.54, 1.807) is 6.08 Å². The number of hydrogen-bond acceptors (Lipinski definition) is 4. The van der Waals surface area contributed by atoms with Crippen molar-refractivity contribution in [3.63, 3.8) is 0 Å². The minimum absolute atomic E-state index is 0.147. The molecular formula is C26H28ClFN4. The molecule has 0 saturated carbocycles. The van der Waals surface area contributed by atoms with Gasteiger partial charge in [-0.3, -0.25) is 4.98 Å². The van der Waals surface area contributed by atoms with Crippen molar-refractivity contribution < 1.29 is 4.39 Å². The number of allylic oxidation sites excluding steroid dienone is 5. The van der Waals surface area contributed by atoms with Crippen molar-refractivity contribution in [2.45, 2.75) is 32.2 Å². The molecule has 0 radical (unpaired) electrons. The van der Waals surface area contributed by atoms with Crippen LogP contribution in [0.3, 0.4) is 0 Å². The molecule has 1 aromatic heterocycles. The molecule has 1 fully saturated rings. The first-order chi connectivity index (χ1) is 15.4. The Morgan fingerprint density at radius 2 is 2.19 bits per heavy atom. The number of pyridine rings is 1. The van der Waals surface area contributed by atoms with Crippen molar-refractivity contribution in [1.29, 1.82) is 0 Å². The highest BCUT2D eigenvalue weighted by Gasteiger charge is 2.33. The van der Waals surface area contributed by atoms with E-state index in [1.807, 2.05) is 25.4 Å². The summed E-state index contributed by atoms with van der Waals surface area (Å²) in [6.07, 6.45) is 7.74. The molecule has 1 N–H and O–H groups in total. The van der Waals surface area contributed by atoms with Crippen LogP contribution in [0.4, 0.5) is 15.8 Å². The number of nitrogens with one attached hydrogen (secondary N) is 1. The van der Waals surface area contributed by atoms with Gasteiger partial charge in [0.1, 0.15) is 5.83 Å². The van der Waals surface area contributed by atoms with Crippen molar-refractivity contribution in [1.82, 2.24) is 9.88 Å². The Hall–Kier alpha value is -2.79. The number of benzene rings is 1. The molecule has 1 unspecified atom stereocenters. The SMILES string of the molecule is C=CC(=C)N1CCN(c2c(NC)cnc3c4c(c(Cl)cc23)C2=C(CCC=C2F)C4)CC1C. The van der Waals surface area contributed by atoms with Gasteiger partial charge in [0.2, 0.25) is 0 Å². The average Bonchev–Trinajstić information content (AvgIpc) is 3.19. The summed E-state index contributed by atoms with van der Waals surface area (Å²) in [5.41, 5.74) is 7.68. The molecule has 5 rings (SSSR count). The van der Waals surface area contributed by atoms with Crippen LogP contribution >= 0.6 is 11.6 Å². The first-order valence-corrected chi connectivity index (χ1v) is 11.6. The Labute approximate surface area is 193 Å². The van der Waals surface area contributed by atoms with Gasteiger partial charge in [-0.15, -0.1) is 0 Å². The van der Waals surface area contributed by atoms with E-state index in [0.29, 0.717) is 16.6 Å². The maximum absolute atomic E-state index is 14.7. The van der Waals surface area contributed by atoms with E-state index < -0.39 is 0 Å². The Kier molecular flexibility index (Phi) is 5.25. The number of hydrogen-bond donors (Lipinski definition) is 1. The molecule has 6 heteroatoms. The number of fused-ring (bicyclic) bond motifs is 4. The molecular weight excluding hydrogens is 423 g/mol. The van der Waals surface area contributed by atoms with Crippen LogP contribution in [0.25, 0.3) is 16.5 Å². The second kappa shape index (κ2) is 7.96. The zero-order valence-corrected chi connectivity index (χ0v) is 19.4. The second-order valence-electron chi connectivity index (χ2n) is 8.81. The van der Waals surface area contributed by atoms with Crippen LogP contribution in [-0.4, -0.2) is 42.6 Å². The molecule has 2 aliphatic carbocycles. The Bertz CT molecular complexity index is 1210. The number of rotatable bonds is 4. The first kappa shape index (κ1) is 21.1. The van der Waals surface area contributed by atoms with Crippen LogP contribution in [0, 0.1) is 0 Å². The minimum Gasteiger partial charge on any atom is -0.385 e. The van der Waals surface area contributed by atoms with Crippen molar-refractivity contribution in [3.8, 4) is 0 Å². The van der Waals surface area contributed by atoms with Gasteiger partial charge in [0.05, 0.1) is 23.1 Å². The summed E-state index contributed by atoms with van der Waals surface area (Å²) in [6, 6.07) is 2.27. The van der Waals surface area contributed by atoms with Gasteiger partial charge in [0, 0.05) is 60.0 Å². The molecule has 4 nitrogen and oxygen atoms in total. The van der Waals surface area contributed by atoms with Crippen LogP contribution in [0.1, 0.15) is 30.9 Å². The zero-order valence-electron chi connectivity index (χ0n) is 18.6. The lowest BCUT2D eigenvalue weighted by Gasteiger charge is -2.43. The van der Waals surface area contributed by atoms with E-state index in [1.165, 1.54) is 0 Å². The summed E-state index contributed by atoms with van der Waals surface area (Å²) in [7, 11) is 1.92. The van der Waals surface area contributed by atoms with Crippen molar-refractivity contribution in [2.24, 2.45) is 0 Å². The van der Waals surface area contributed by atoms with Crippen LogP contribution in [0.2, 0.25) is 5.02 Å². The Balaban J connectivity index is 1.63. The lowest BCUT2D eigenvalue weighted by atomic mass is 9.96. The van der Waals surface area contributed by atoms with Gasteiger partial charge >= 0.3 is 0 Å². The second-order valence-corrected chi connectivity index (χ2v) is 9.22. The topological polar surface area (TPSA) is 31.4 Å². The van der Waals surface area contributed by atoms with E-state index in [2.05, 4.69) is 35.2 Å².